The third-order valence-electron chi connectivity index (χ3n) is 3.33. The molecule has 0 fully saturated rings. The number of halogens is 1. The molecule has 0 spiro atoms. The molecule has 1 N–H and O–H groups in total. The molecular formula is C17H15FN2O3S. The van der Waals surface area contributed by atoms with E-state index in [0.717, 1.165) is 5.39 Å². The lowest BCUT2D eigenvalue weighted by Crippen LogP contribution is -2.21. The van der Waals surface area contributed by atoms with Gasteiger partial charge in [-0.15, -0.1) is 0 Å². The summed E-state index contributed by atoms with van der Waals surface area (Å²) in [6, 6.07) is 14.3. The third kappa shape index (κ3) is 3.99. The quantitative estimate of drug-likeness (QED) is 0.744. The summed E-state index contributed by atoms with van der Waals surface area (Å²) in [5.74, 6) is -0.188. The summed E-state index contributed by atoms with van der Waals surface area (Å²) in [4.78, 5) is 4.21. The number of nitrogens with one attached hydrogen (secondary N) is 1. The largest absolute Gasteiger partial charge is 0.492 e. The van der Waals surface area contributed by atoms with Crippen LogP contribution in [0.25, 0.3) is 10.9 Å². The van der Waals surface area contributed by atoms with E-state index in [0.29, 0.717) is 17.0 Å². The van der Waals surface area contributed by atoms with Crippen LogP contribution >= 0.6 is 0 Å². The zero-order chi connectivity index (χ0) is 17.0. The maximum atomic E-state index is 12.8. The average molecular weight is 346 g/mol. The molecule has 3 rings (SSSR count). The van der Waals surface area contributed by atoms with E-state index in [9.17, 15) is 12.8 Å². The van der Waals surface area contributed by atoms with Crippen molar-refractivity contribution in [3.63, 3.8) is 0 Å². The molecule has 0 atom stereocenters. The second-order valence-electron chi connectivity index (χ2n) is 5.10. The number of nitrogens with zero attached hydrogens (tertiary/aromatic N) is 1. The number of sulfonamides is 1. The zero-order valence-corrected chi connectivity index (χ0v) is 13.5. The molecule has 3 aromatic rings. The molecule has 0 unspecified atom stereocenters. The molecule has 1 heterocycles. The third-order valence-corrected chi connectivity index (χ3v) is 4.57. The van der Waals surface area contributed by atoms with Crippen LogP contribution in [-0.4, -0.2) is 25.8 Å². The number of aromatic nitrogens is 1. The monoisotopic (exact) mass is 346 g/mol. The van der Waals surface area contributed by atoms with Crippen LogP contribution in [0.3, 0.4) is 0 Å². The first-order chi connectivity index (χ1) is 11.5. The lowest BCUT2D eigenvalue weighted by Gasteiger charge is -2.11. The van der Waals surface area contributed by atoms with Crippen molar-refractivity contribution in [3.8, 4) is 5.75 Å². The molecule has 5 nitrogen and oxygen atoms in total. The van der Waals surface area contributed by atoms with Gasteiger partial charge in [-0.05, 0) is 36.4 Å². The van der Waals surface area contributed by atoms with Gasteiger partial charge < -0.3 is 4.74 Å². The summed E-state index contributed by atoms with van der Waals surface area (Å²) in [6.07, 6.45) is 1.61. The topological polar surface area (TPSA) is 68.3 Å². The van der Waals surface area contributed by atoms with Crippen molar-refractivity contribution in [1.82, 2.24) is 4.98 Å². The molecular weight excluding hydrogens is 331 g/mol. The van der Waals surface area contributed by atoms with Crippen LogP contribution in [0.1, 0.15) is 0 Å². The zero-order valence-electron chi connectivity index (χ0n) is 12.6. The van der Waals surface area contributed by atoms with Crippen LogP contribution in [0.15, 0.2) is 60.8 Å². The Morgan fingerprint density at radius 1 is 1.04 bits per heavy atom. The van der Waals surface area contributed by atoms with E-state index in [1.165, 1.54) is 24.3 Å². The SMILES string of the molecule is O=S(=O)(CCOc1ccc(F)cc1)Nc1cccc2cccnc12. The fourth-order valence-electron chi connectivity index (χ4n) is 2.21. The Bertz CT molecular complexity index is 938. The molecule has 124 valence electrons. The van der Waals surface area contributed by atoms with E-state index in [2.05, 4.69) is 9.71 Å². The van der Waals surface area contributed by atoms with Gasteiger partial charge in [-0.2, -0.15) is 0 Å². The number of pyridine rings is 1. The first kappa shape index (κ1) is 16.2. The van der Waals surface area contributed by atoms with Crippen molar-refractivity contribution < 1.29 is 17.5 Å². The van der Waals surface area contributed by atoms with Crippen molar-refractivity contribution in [2.45, 2.75) is 0 Å². The average Bonchev–Trinajstić information content (AvgIpc) is 2.57. The van der Waals surface area contributed by atoms with E-state index in [-0.39, 0.29) is 18.2 Å². The number of hydrogen-bond acceptors (Lipinski definition) is 4. The summed E-state index contributed by atoms with van der Waals surface area (Å²) >= 11 is 0. The Morgan fingerprint density at radius 3 is 2.58 bits per heavy atom. The van der Waals surface area contributed by atoms with E-state index in [1.54, 1.807) is 24.4 Å². The standard InChI is InChI=1S/C17H15FN2O3S/c18-14-6-8-15(9-7-14)23-11-12-24(21,22)20-16-5-1-3-13-4-2-10-19-17(13)16/h1-10,20H,11-12H2. The van der Waals surface area contributed by atoms with Gasteiger partial charge in [0.05, 0.1) is 11.2 Å². The summed E-state index contributed by atoms with van der Waals surface area (Å²) in [5.41, 5.74) is 1.01. The summed E-state index contributed by atoms with van der Waals surface area (Å²) in [7, 11) is -3.59. The van der Waals surface area contributed by atoms with Gasteiger partial charge in [-0.3, -0.25) is 9.71 Å². The molecule has 2 aromatic carbocycles. The van der Waals surface area contributed by atoms with E-state index >= 15 is 0 Å². The minimum atomic E-state index is -3.59. The highest BCUT2D eigenvalue weighted by atomic mass is 32.2. The number of ether oxygens (including phenoxy) is 1. The van der Waals surface area contributed by atoms with E-state index in [1.807, 2.05) is 12.1 Å². The maximum Gasteiger partial charge on any atom is 0.236 e. The number of hydrogen-bond donors (Lipinski definition) is 1. The molecule has 0 saturated carbocycles. The fourth-order valence-corrected chi connectivity index (χ4v) is 3.11. The number of para-hydroxylation sites is 1. The number of benzene rings is 2. The van der Waals surface area contributed by atoms with Crippen LogP contribution in [0.2, 0.25) is 0 Å². The van der Waals surface area contributed by atoms with Crippen LogP contribution in [0.4, 0.5) is 10.1 Å². The van der Waals surface area contributed by atoms with Crippen molar-refractivity contribution in [2.75, 3.05) is 17.1 Å². The van der Waals surface area contributed by atoms with E-state index < -0.39 is 10.0 Å². The smallest absolute Gasteiger partial charge is 0.236 e. The normalized spacial score (nSPS) is 11.4. The molecule has 7 heteroatoms. The Kier molecular flexibility index (Phi) is 4.61. The minimum Gasteiger partial charge on any atom is -0.492 e. The number of fused-ring (bicyclic) bond motifs is 1. The molecule has 1 aromatic heterocycles. The van der Waals surface area contributed by atoms with Crippen LogP contribution in [0, 0.1) is 5.82 Å². The summed E-state index contributed by atoms with van der Waals surface area (Å²) in [5, 5.41) is 0.847. The van der Waals surface area contributed by atoms with Crippen molar-refractivity contribution >= 4 is 26.6 Å². The van der Waals surface area contributed by atoms with Crippen LogP contribution in [-0.2, 0) is 10.0 Å². The predicted molar refractivity (Wildman–Crippen MR) is 91.0 cm³/mol. The molecule has 0 bridgehead atoms. The van der Waals surface area contributed by atoms with Gasteiger partial charge in [0.1, 0.15) is 23.9 Å². The molecule has 0 aliphatic heterocycles. The minimum absolute atomic E-state index is 0.0425. The molecule has 0 aliphatic carbocycles. The lowest BCUT2D eigenvalue weighted by atomic mass is 10.2. The second-order valence-corrected chi connectivity index (χ2v) is 6.95. The molecule has 0 saturated heterocycles. The number of rotatable bonds is 6. The predicted octanol–water partition coefficient (Wildman–Crippen LogP) is 3.19. The van der Waals surface area contributed by atoms with Crippen LogP contribution in [0.5, 0.6) is 5.75 Å². The molecule has 0 radical (unpaired) electrons. The Labute approximate surface area is 139 Å². The van der Waals surface area contributed by atoms with Gasteiger partial charge >= 0.3 is 0 Å². The highest BCUT2D eigenvalue weighted by Gasteiger charge is 2.13. The van der Waals surface area contributed by atoms with Crippen molar-refractivity contribution in [2.24, 2.45) is 0 Å². The Balaban J connectivity index is 1.66. The van der Waals surface area contributed by atoms with E-state index in [4.69, 9.17) is 4.74 Å². The summed E-state index contributed by atoms with van der Waals surface area (Å²) in [6.45, 7) is -0.0425. The van der Waals surface area contributed by atoms with Gasteiger partial charge in [0.2, 0.25) is 10.0 Å². The summed E-state index contributed by atoms with van der Waals surface area (Å²) < 4.78 is 45.1. The number of anilines is 1. The highest BCUT2D eigenvalue weighted by molar-refractivity contribution is 7.92. The van der Waals surface area contributed by atoms with Gasteiger partial charge in [-0.25, -0.2) is 12.8 Å². The fraction of sp³-hybridized carbons (Fsp3) is 0.118. The first-order valence-electron chi connectivity index (χ1n) is 7.26. The molecule has 0 amide bonds. The van der Waals surface area contributed by atoms with Crippen LogP contribution < -0.4 is 9.46 Å². The maximum absolute atomic E-state index is 12.8. The van der Waals surface area contributed by atoms with Gasteiger partial charge in [0.25, 0.3) is 0 Å². The molecule has 24 heavy (non-hydrogen) atoms. The van der Waals surface area contributed by atoms with Crippen molar-refractivity contribution in [1.29, 1.82) is 0 Å². The Hall–Kier alpha value is -2.67. The lowest BCUT2D eigenvalue weighted by molar-refractivity contribution is 0.340. The Morgan fingerprint density at radius 2 is 1.79 bits per heavy atom. The van der Waals surface area contributed by atoms with Gasteiger partial charge in [0.15, 0.2) is 0 Å². The second kappa shape index (κ2) is 6.84. The van der Waals surface area contributed by atoms with Gasteiger partial charge in [0, 0.05) is 11.6 Å². The van der Waals surface area contributed by atoms with Gasteiger partial charge in [-0.1, -0.05) is 18.2 Å². The first-order valence-corrected chi connectivity index (χ1v) is 8.91. The highest BCUT2D eigenvalue weighted by Crippen LogP contribution is 2.21. The molecule has 0 aliphatic rings. The van der Waals surface area contributed by atoms with Crippen molar-refractivity contribution in [3.05, 3.63) is 66.6 Å².